The van der Waals surface area contributed by atoms with Gasteiger partial charge in [-0.1, -0.05) is 31.5 Å². The van der Waals surface area contributed by atoms with Gasteiger partial charge in [-0.15, -0.1) is 0 Å². The molecule has 0 aliphatic carbocycles. The molecule has 4 heteroatoms. The fourth-order valence-electron chi connectivity index (χ4n) is 3.12. The highest BCUT2D eigenvalue weighted by Crippen LogP contribution is 2.31. The number of rotatable bonds is 3. The molecule has 0 aromatic heterocycles. The number of ether oxygens (including phenoxy) is 1. The van der Waals surface area contributed by atoms with E-state index in [4.69, 9.17) is 4.74 Å². The lowest BCUT2D eigenvalue weighted by atomic mass is 9.90. The van der Waals surface area contributed by atoms with Crippen LogP contribution < -0.4 is 15.4 Å². The van der Waals surface area contributed by atoms with Crippen molar-refractivity contribution >= 4 is 5.91 Å². The summed E-state index contributed by atoms with van der Waals surface area (Å²) in [6, 6.07) is 7.85. The Labute approximate surface area is 119 Å². The molecule has 1 fully saturated rings. The van der Waals surface area contributed by atoms with Crippen LogP contribution in [0.15, 0.2) is 24.3 Å². The molecule has 0 saturated carbocycles. The third-order valence-corrected chi connectivity index (χ3v) is 4.42. The number of benzene rings is 1. The van der Waals surface area contributed by atoms with E-state index in [0.29, 0.717) is 12.5 Å². The van der Waals surface area contributed by atoms with Crippen LogP contribution in [0.1, 0.15) is 37.8 Å². The SMILES string of the molecule is CCC1CCNC(C(=O)NC2COc3ccccc32)C1. The second-order valence-electron chi connectivity index (χ2n) is 5.72. The summed E-state index contributed by atoms with van der Waals surface area (Å²) >= 11 is 0. The first-order valence-electron chi connectivity index (χ1n) is 7.53. The molecule has 4 nitrogen and oxygen atoms in total. The Morgan fingerprint density at radius 3 is 3.15 bits per heavy atom. The van der Waals surface area contributed by atoms with E-state index in [0.717, 1.165) is 30.7 Å². The summed E-state index contributed by atoms with van der Waals surface area (Å²) < 4.78 is 5.61. The number of carbonyl (C=O) groups is 1. The zero-order valence-electron chi connectivity index (χ0n) is 11.9. The largest absolute Gasteiger partial charge is 0.491 e. The summed E-state index contributed by atoms with van der Waals surface area (Å²) in [4.78, 5) is 12.4. The molecule has 0 spiro atoms. The molecule has 2 aliphatic rings. The zero-order valence-corrected chi connectivity index (χ0v) is 11.9. The van der Waals surface area contributed by atoms with Gasteiger partial charge in [0.25, 0.3) is 0 Å². The van der Waals surface area contributed by atoms with Crippen molar-refractivity contribution in [3.8, 4) is 5.75 Å². The molecule has 2 N–H and O–H groups in total. The van der Waals surface area contributed by atoms with Crippen molar-refractivity contribution in [1.82, 2.24) is 10.6 Å². The van der Waals surface area contributed by atoms with Gasteiger partial charge in [0.2, 0.25) is 5.91 Å². The minimum Gasteiger partial charge on any atom is -0.491 e. The Morgan fingerprint density at radius 2 is 2.30 bits per heavy atom. The molecule has 1 saturated heterocycles. The van der Waals surface area contributed by atoms with Gasteiger partial charge in [0.05, 0.1) is 12.1 Å². The maximum Gasteiger partial charge on any atom is 0.237 e. The molecule has 3 unspecified atom stereocenters. The summed E-state index contributed by atoms with van der Waals surface area (Å²) in [7, 11) is 0. The fourth-order valence-corrected chi connectivity index (χ4v) is 3.12. The van der Waals surface area contributed by atoms with E-state index in [1.807, 2.05) is 24.3 Å². The highest BCUT2D eigenvalue weighted by molar-refractivity contribution is 5.82. The van der Waals surface area contributed by atoms with Crippen molar-refractivity contribution in [3.63, 3.8) is 0 Å². The van der Waals surface area contributed by atoms with Crippen LogP contribution in [-0.4, -0.2) is 25.1 Å². The van der Waals surface area contributed by atoms with Crippen LogP contribution in [0.2, 0.25) is 0 Å². The van der Waals surface area contributed by atoms with Gasteiger partial charge in [0, 0.05) is 5.56 Å². The summed E-state index contributed by atoms with van der Waals surface area (Å²) in [5.41, 5.74) is 1.09. The molecular formula is C16H22N2O2. The van der Waals surface area contributed by atoms with Gasteiger partial charge in [-0.3, -0.25) is 4.79 Å². The van der Waals surface area contributed by atoms with E-state index in [-0.39, 0.29) is 18.0 Å². The molecule has 0 bridgehead atoms. The fraction of sp³-hybridized carbons (Fsp3) is 0.562. The summed E-state index contributed by atoms with van der Waals surface area (Å²) in [6.45, 7) is 3.68. The van der Waals surface area contributed by atoms with E-state index >= 15 is 0 Å². The molecular weight excluding hydrogens is 252 g/mol. The van der Waals surface area contributed by atoms with Crippen molar-refractivity contribution in [2.24, 2.45) is 5.92 Å². The zero-order chi connectivity index (χ0) is 13.9. The molecule has 0 radical (unpaired) electrons. The van der Waals surface area contributed by atoms with Gasteiger partial charge in [-0.2, -0.15) is 0 Å². The van der Waals surface area contributed by atoms with Gasteiger partial charge >= 0.3 is 0 Å². The third-order valence-electron chi connectivity index (χ3n) is 4.42. The number of fused-ring (bicyclic) bond motifs is 1. The normalized spacial score (nSPS) is 28.6. The average molecular weight is 274 g/mol. The van der Waals surface area contributed by atoms with Crippen molar-refractivity contribution in [1.29, 1.82) is 0 Å². The van der Waals surface area contributed by atoms with Crippen LogP contribution in [0.25, 0.3) is 0 Å². The van der Waals surface area contributed by atoms with Crippen LogP contribution in [0.5, 0.6) is 5.75 Å². The smallest absolute Gasteiger partial charge is 0.237 e. The first-order valence-corrected chi connectivity index (χ1v) is 7.53. The van der Waals surface area contributed by atoms with E-state index in [1.165, 1.54) is 6.42 Å². The second-order valence-corrected chi connectivity index (χ2v) is 5.72. The molecule has 3 atom stereocenters. The Morgan fingerprint density at radius 1 is 1.45 bits per heavy atom. The summed E-state index contributed by atoms with van der Waals surface area (Å²) in [6.07, 6.45) is 3.27. The van der Waals surface area contributed by atoms with Gasteiger partial charge in [0.15, 0.2) is 0 Å². The van der Waals surface area contributed by atoms with Crippen molar-refractivity contribution in [2.75, 3.05) is 13.2 Å². The Bertz CT molecular complexity index is 489. The number of piperidine rings is 1. The average Bonchev–Trinajstić information content (AvgIpc) is 2.90. The molecule has 2 aliphatic heterocycles. The molecule has 20 heavy (non-hydrogen) atoms. The third kappa shape index (κ3) is 2.66. The molecule has 2 heterocycles. The van der Waals surface area contributed by atoms with Gasteiger partial charge in [-0.05, 0) is 31.4 Å². The summed E-state index contributed by atoms with van der Waals surface area (Å²) in [5.74, 6) is 1.66. The predicted octanol–water partition coefficient (Wildman–Crippen LogP) is 2.01. The molecule has 1 amide bonds. The topological polar surface area (TPSA) is 50.4 Å². The standard InChI is InChI=1S/C16H22N2O2/c1-2-11-7-8-17-13(9-11)16(19)18-14-10-20-15-6-4-3-5-12(14)15/h3-6,11,13-14,17H,2,7-10H2,1H3,(H,18,19). The lowest BCUT2D eigenvalue weighted by Gasteiger charge is -2.29. The first kappa shape index (κ1) is 13.4. The Kier molecular flexibility index (Phi) is 3.92. The number of hydrogen-bond acceptors (Lipinski definition) is 3. The number of para-hydroxylation sites is 1. The minimum absolute atomic E-state index is 0.0116. The molecule has 108 valence electrons. The lowest BCUT2D eigenvalue weighted by Crippen LogP contribution is -2.49. The molecule has 1 aromatic carbocycles. The predicted molar refractivity (Wildman–Crippen MR) is 77.6 cm³/mol. The van der Waals surface area contributed by atoms with Gasteiger partial charge in [0.1, 0.15) is 12.4 Å². The minimum atomic E-state index is -0.0542. The molecule has 3 rings (SSSR count). The second kappa shape index (κ2) is 5.83. The highest BCUT2D eigenvalue weighted by atomic mass is 16.5. The maximum atomic E-state index is 12.4. The summed E-state index contributed by atoms with van der Waals surface area (Å²) in [5, 5.41) is 6.45. The van der Waals surface area contributed by atoms with Gasteiger partial charge in [-0.25, -0.2) is 0 Å². The van der Waals surface area contributed by atoms with Crippen LogP contribution in [0.4, 0.5) is 0 Å². The number of amides is 1. The maximum absolute atomic E-state index is 12.4. The van der Waals surface area contributed by atoms with E-state index < -0.39 is 0 Å². The Hall–Kier alpha value is -1.55. The monoisotopic (exact) mass is 274 g/mol. The lowest BCUT2D eigenvalue weighted by molar-refractivity contribution is -0.124. The van der Waals surface area contributed by atoms with Crippen molar-refractivity contribution in [3.05, 3.63) is 29.8 Å². The highest BCUT2D eigenvalue weighted by Gasteiger charge is 2.30. The van der Waals surface area contributed by atoms with Gasteiger partial charge < -0.3 is 15.4 Å². The number of hydrogen-bond donors (Lipinski definition) is 2. The van der Waals surface area contributed by atoms with Crippen LogP contribution in [0.3, 0.4) is 0 Å². The quantitative estimate of drug-likeness (QED) is 0.886. The van der Waals surface area contributed by atoms with Crippen molar-refractivity contribution < 1.29 is 9.53 Å². The molecule has 1 aromatic rings. The van der Waals surface area contributed by atoms with Crippen LogP contribution in [-0.2, 0) is 4.79 Å². The number of nitrogens with one attached hydrogen (secondary N) is 2. The van der Waals surface area contributed by atoms with Crippen LogP contribution >= 0.6 is 0 Å². The van der Waals surface area contributed by atoms with Crippen molar-refractivity contribution in [2.45, 2.75) is 38.3 Å². The van der Waals surface area contributed by atoms with E-state index in [9.17, 15) is 4.79 Å². The number of carbonyl (C=O) groups excluding carboxylic acids is 1. The van der Waals surface area contributed by atoms with Crippen LogP contribution in [0, 0.1) is 5.92 Å². The first-order chi connectivity index (χ1) is 9.78. The van der Waals surface area contributed by atoms with E-state index in [1.54, 1.807) is 0 Å². The van der Waals surface area contributed by atoms with E-state index in [2.05, 4.69) is 17.6 Å². The Balaban J connectivity index is 1.62.